The minimum Gasteiger partial charge on any atom is -0.497 e. The van der Waals surface area contributed by atoms with E-state index in [-0.39, 0.29) is 11.8 Å². The Morgan fingerprint density at radius 2 is 1.76 bits per heavy atom. The van der Waals surface area contributed by atoms with Gasteiger partial charge in [0.15, 0.2) is 0 Å². The van der Waals surface area contributed by atoms with Crippen LogP contribution in [0.2, 0.25) is 0 Å². The molecule has 1 fully saturated rings. The summed E-state index contributed by atoms with van der Waals surface area (Å²) in [5.74, 6) is 0.589. The first-order valence-corrected chi connectivity index (χ1v) is 11.6. The van der Waals surface area contributed by atoms with Gasteiger partial charge < -0.3 is 19.7 Å². The Labute approximate surface area is 196 Å². The van der Waals surface area contributed by atoms with Crippen LogP contribution in [0, 0.1) is 0 Å². The van der Waals surface area contributed by atoms with Gasteiger partial charge in [-0.25, -0.2) is 0 Å². The van der Waals surface area contributed by atoms with E-state index in [1.807, 2.05) is 61.5 Å². The molecule has 0 radical (unpaired) electrons. The number of hydrogen-bond donors (Lipinski definition) is 1. The molecule has 1 atom stereocenters. The van der Waals surface area contributed by atoms with Crippen molar-refractivity contribution < 1.29 is 19.1 Å². The fourth-order valence-electron chi connectivity index (χ4n) is 3.96. The van der Waals surface area contributed by atoms with E-state index in [2.05, 4.69) is 10.2 Å². The molecule has 7 heteroatoms. The zero-order valence-electron chi connectivity index (χ0n) is 19.7. The molecule has 0 aromatic heterocycles. The summed E-state index contributed by atoms with van der Waals surface area (Å²) in [6.45, 7) is 6.72. The number of amides is 2. The van der Waals surface area contributed by atoms with Gasteiger partial charge in [-0.3, -0.25) is 14.5 Å². The van der Waals surface area contributed by atoms with E-state index in [0.717, 1.165) is 49.7 Å². The largest absolute Gasteiger partial charge is 0.497 e. The molecule has 178 valence electrons. The summed E-state index contributed by atoms with van der Waals surface area (Å²) in [4.78, 5) is 30.4. The fourth-order valence-corrected chi connectivity index (χ4v) is 3.96. The van der Waals surface area contributed by atoms with Crippen molar-refractivity contribution in [3.63, 3.8) is 0 Å². The highest BCUT2D eigenvalue weighted by atomic mass is 16.5. The maximum atomic E-state index is 13.4. The summed E-state index contributed by atoms with van der Waals surface area (Å²) in [7, 11) is 1.62. The van der Waals surface area contributed by atoms with Crippen molar-refractivity contribution in [3.05, 3.63) is 65.7 Å². The van der Waals surface area contributed by atoms with E-state index < -0.39 is 6.04 Å². The number of carbonyl (C=O) groups is 2. The average molecular weight is 454 g/mol. The minimum absolute atomic E-state index is 0.0462. The predicted octanol–water partition coefficient (Wildman–Crippen LogP) is 2.49. The maximum absolute atomic E-state index is 13.4. The van der Waals surface area contributed by atoms with E-state index in [9.17, 15) is 9.59 Å². The Hall–Kier alpha value is -2.90. The first-order chi connectivity index (χ1) is 16.1. The molecule has 3 rings (SSSR count). The smallest absolute Gasteiger partial charge is 0.243 e. The number of carbonyl (C=O) groups excluding carboxylic acids is 2. The number of rotatable bonds is 11. The second-order valence-corrected chi connectivity index (χ2v) is 8.17. The summed E-state index contributed by atoms with van der Waals surface area (Å²) in [6.07, 6.45) is 0.800. The first kappa shape index (κ1) is 24.7. The molecule has 1 aliphatic rings. The second kappa shape index (κ2) is 13.0. The lowest BCUT2D eigenvalue weighted by atomic mass is 10.0. The fraction of sp³-hybridized carbons (Fsp3) is 0.462. The van der Waals surface area contributed by atoms with Crippen LogP contribution in [0.15, 0.2) is 54.6 Å². The highest BCUT2D eigenvalue weighted by Crippen LogP contribution is 2.18. The van der Waals surface area contributed by atoms with Gasteiger partial charge in [-0.05, 0) is 23.3 Å². The molecule has 2 aromatic rings. The predicted molar refractivity (Wildman–Crippen MR) is 128 cm³/mol. The van der Waals surface area contributed by atoms with Crippen molar-refractivity contribution in [2.75, 3.05) is 46.5 Å². The molecule has 0 saturated carbocycles. The van der Waals surface area contributed by atoms with Crippen LogP contribution in [-0.4, -0.2) is 74.2 Å². The van der Waals surface area contributed by atoms with Gasteiger partial charge in [0.1, 0.15) is 11.8 Å². The van der Waals surface area contributed by atoms with Crippen LogP contribution in [0.4, 0.5) is 0 Å². The number of hydrogen-bond acceptors (Lipinski definition) is 5. The molecule has 2 amide bonds. The molecular formula is C26H35N3O4. The van der Waals surface area contributed by atoms with E-state index in [4.69, 9.17) is 9.47 Å². The topological polar surface area (TPSA) is 71.1 Å². The molecule has 1 saturated heterocycles. The van der Waals surface area contributed by atoms with Gasteiger partial charge in [-0.1, -0.05) is 49.4 Å². The summed E-state index contributed by atoms with van der Waals surface area (Å²) in [6, 6.07) is 16.9. The lowest BCUT2D eigenvalue weighted by Crippen LogP contribution is -2.51. The van der Waals surface area contributed by atoms with Crippen LogP contribution in [0.3, 0.4) is 0 Å². The summed E-state index contributed by atoms with van der Waals surface area (Å²) >= 11 is 0. The van der Waals surface area contributed by atoms with E-state index in [1.54, 1.807) is 12.0 Å². The third-order valence-electron chi connectivity index (χ3n) is 5.92. The highest BCUT2D eigenvalue weighted by molar-refractivity contribution is 5.87. The van der Waals surface area contributed by atoms with Crippen LogP contribution in [-0.2, 0) is 27.3 Å². The van der Waals surface area contributed by atoms with E-state index in [1.165, 1.54) is 0 Å². The molecule has 2 aromatic carbocycles. The van der Waals surface area contributed by atoms with Crippen molar-refractivity contribution in [2.24, 2.45) is 0 Å². The Kier molecular flexibility index (Phi) is 9.72. The maximum Gasteiger partial charge on any atom is 0.243 e. The SMILES string of the molecule is CCC(=O)N(Cc1ccc(OC)cc1)[C@@H](Cc1ccccc1)C(=O)NCCN1CCOCC1. The Morgan fingerprint density at radius 1 is 1.06 bits per heavy atom. The van der Waals surface area contributed by atoms with Crippen molar-refractivity contribution in [3.8, 4) is 5.75 Å². The molecular weight excluding hydrogens is 418 g/mol. The van der Waals surface area contributed by atoms with Crippen LogP contribution in [0.1, 0.15) is 24.5 Å². The average Bonchev–Trinajstić information content (AvgIpc) is 2.87. The van der Waals surface area contributed by atoms with Gasteiger partial charge in [-0.2, -0.15) is 0 Å². The summed E-state index contributed by atoms with van der Waals surface area (Å²) in [5, 5.41) is 3.08. The summed E-state index contributed by atoms with van der Waals surface area (Å²) < 4.78 is 10.6. The number of morpholine rings is 1. The van der Waals surface area contributed by atoms with Gasteiger partial charge in [0.2, 0.25) is 11.8 Å². The van der Waals surface area contributed by atoms with Crippen molar-refractivity contribution in [1.82, 2.24) is 15.1 Å². The molecule has 1 aliphatic heterocycles. The Bertz CT molecular complexity index is 867. The molecule has 1 heterocycles. The third-order valence-corrected chi connectivity index (χ3v) is 5.92. The number of nitrogens with zero attached hydrogens (tertiary/aromatic N) is 2. The van der Waals surface area contributed by atoms with Gasteiger partial charge in [0, 0.05) is 45.6 Å². The van der Waals surface area contributed by atoms with Crippen molar-refractivity contribution >= 4 is 11.8 Å². The van der Waals surface area contributed by atoms with Crippen molar-refractivity contribution in [1.29, 1.82) is 0 Å². The molecule has 0 bridgehead atoms. The number of nitrogens with one attached hydrogen (secondary N) is 1. The van der Waals surface area contributed by atoms with Crippen LogP contribution in [0.5, 0.6) is 5.75 Å². The third kappa shape index (κ3) is 7.58. The first-order valence-electron chi connectivity index (χ1n) is 11.6. The van der Waals surface area contributed by atoms with E-state index >= 15 is 0 Å². The number of methoxy groups -OCH3 is 1. The van der Waals surface area contributed by atoms with Crippen molar-refractivity contribution in [2.45, 2.75) is 32.4 Å². The Morgan fingerprint density at radius 3 is 2.39 bits per heavy atom. The normalized spacial score (nSPS) is 15.0. The van der Waals surface area contributed by atoms with E-state index in [0.29, 0.717) is 25.9 Å². The molecule has 33 heavy (non-hydrogen) atoms. The zero-order chi connectivity index (χ0) is 23.5. The highest BCUT2D eigenvalue weighted by Gasteiger charge is 2.29. The van der Waals surface area contributed by atoms with Gasteiger partial charge >= 0.3 is 0 Å². The molecule has 0 unspecified atom stereocenters. The monoisotopic (exact) mass is 453 g/mol. The number of benzene rings is 2. The van der Waals surface area contributed by atoms with Crippen LogP contribution >= 0.6 is 0 Å². The molecule has 0 spiro atoms. The molecule has 0 aliphatic carbocycles. The quantitative estimate of drug-likeness (QED) is 0.566. The van der Waals surface area contributed by atoms with Gasteiger partial charge in [0.25, 0.3) is 0 Å². The van der Waals surface area contributed by atoms with Crippen LogP contribution in [0.25, 0.3) is 0 Å². The van der Waals surface area contributed by atoms with Crippen LogP contribution < -0.4 is 10.1 Å². The minimum atomic E-state index is -0.591. The van der Waals surface area contributed by atoms with Gasteiger partial charge in [0.05, 0.1) is 20.3 Å². The van der Waals surface area contributed by atoms with Gasteiger partial charge in [-0.15, -0.1) is 0 Å². The lowest BCUT2D eigenvalue weighted by molar-refractivity contribution is -0.141. The standard InChI is InChI=1S/C26H35N3O4/c1-3-25(30)29(20-22-9-11-23(32-2)12-10-22)24(19-21-7-5-4-6-8-21)26(31)27-13-14-28-15-17-33-18-16-28/h4-12,24H,3,13-20H2,1-2H3,(H,27,31)/t24-/m0/s1. The second-order valence-electron chi connectivity index (χ2n) is 8.17. The molecule has 1 N–H and O–H groups in total. The Balaban J connectivity index is 1.75. The number of ether oxygens (including phenoxy) is 2. The molecule has 7 nitrogen and oxygen atoms in total. The lowest BCUT2D eigenvalue weighted by Gasteiger charge is -2.32. The zero-order valence-corrected chi connectivity index (χ0v) is 19.7. The summed E-state index contributed by atoms with van der Waals surface area (Å²) in [5.41, 5.74) is 1.98.